The summed E-state index contributed by atoms with van der Waals surface area (Å²) in [6.45, 7) is 15.1. The molecule has 0 saturated heterocycles. The lowest BCUT2D eigenvalue weighted by molar-refractivity contribution is 0.330. The number of nitrogens with one attached hydrogen (secondary N) is 2. The van der Waals surface area contributed by atoms with E-state index >= 15 is 0 Å². The maximum Gasteiger partial charge on any atom is 0.319 e. The zero-order chi connectivity index (χ0) is 17.3. The van der Waals surface area contributed by atoms with Crippen LogP contribution in [0.3, 0.4) is 0 Å². The molecule has 9 heteroatoms. The largest absolute Gasteiger partial charge is 0.476 e. The molecular weight excluding hydrogens is 308 g/mol. The van der Waals surface area contributed by atoms with E-state index in [1.54, 1.807) is 31.1 Å². The van der Waals surface area contributed by atoms with E-state index < -0.39 is 5.66 Å². The van der Waals surface area contributed by atoms with Crippen LogP contribution in [0.5, 0.6) is 5.88 Å². The summed E-state index contributed by atoms with van der Waals surface area (Å²) in [5.74, 6) is 0.801. The highest BCUT2D eigenvalue weighted by Crippen LogP contribution is 2.26. The summed E-state index contributed by atoms with van der Waals surface area (Å²) >= 11 is 0. The highest BCUT2D eigenvalue weighted by Gasteiger charge is 2.27. The Kier molecular flexibility index (Phi) is 3.81. The second-order valence-corrected chi connectivity index (χ2v) is 5.69. The van der Waals surface area contributed by atoms with Crippen molar-refractivity contribution in [1.82, 2.24) is 29.7 Å². The Labute approximate surface area is 138 Å². The predicted octanol–water partition coefficient (Wildman–Crippen LogP) is 2.61. The molecule has 0 aliphatic rings. The molecule has 0 aliphatic heterocycles. The van der Waals surface area contributed by atoms with Crippen LogP contribution < -0.4 is 10.1 Å². The summed E-state index contributed by atoms with van der Waals surface area (Å²) in [5.41, 5.74) is 1.89. The number of aromatic amines is 1. The van der Waals surface area contributed by atoms with Crippen LogP contribution in [0.1, 0.15) is 26.5 Å². The number of ether oxygens (including phenoxy) is 1. The van der Waals surface area contributed by atoms with Crippen molar-refractivity contribution in [3.63, 3.8) is 0 Å². The van der Waals surface area contributed by atoms with E-state index in [0.717, 1.165) is 11.4 Å². The number of aryl methyl sites for hydroxylation is 1. The average molecular weight is 326 g/mol. The zero-order valence-electron chi connectivity index (χ0n) is 14.0. The van der Waals surface area contributed by atoms with Gasteiger partial charge in [-0.3, -0.25) is 4.85 Å². The van der Waals surface area contributed by atoms with Crippen molar-refractivity contribution in [2.75, 3.05) is 11.9 Å². The van der Waals surface area contributed by atoms with Gasteiger partial charge >= 0.3 is 5.66 Å². The molecule has 24 heavy (non-hydrogen) atoms. The summed E-state index contributed by atoms with van der Waals surface area (Å²) in [4.78, 5) is 19.4. The Hall–Kier alpha value is -3.15. The van der Waals surface area contributed by atoms with Crippen molar-refractivity contribution < 1.29 is 4.74 Å². The lowest BCUT2D eigenvalue weighted by Crippen LogP contribution is -2.22. The monoisotopic (exact) mass is 326 g/mol. The van der Waals surface area contributed by atoms with Crippen molar-refractivity contribution in [3.8, 4) is 5.88 Å². The molecule has 3 aromatic rings. The van der Waals surface area contributed by atoms with E-state index in [-0.39, 0.29) is 0 Å². The van der Waals surface area contributed by atoms with Gasteiger partial charge in [-0.15, -0.1) is 0 Å². The van der Waals surface area contributed by atoms with Crippen LogP contribution in [-0.2, 0) is 5.66 Å². The zero-order valence-corrected chi connectivity index (χ0v) is 14.0. The van der Waals surface area contributed by atoms with E-state index in [2.05, 4.69) is 35.2 Å². The molecule has 0 bridgehead atoms. The number of fused-ring (bicyclic) bond motifs is 1. The minimum absolute atomic E-state index is 0.362. The fraction of sp³-hybridized carbons (Fsp3) is 0.400. The van der Waals surface area contributed by atoms with Crippen molar-refractivity contribution >= 4 is 22.8 Å². The van der Waals surface area contributed by atoms with Crippen LogP contribution in [0.25, 0.3) is 16.0 Å². The Morgan fingerprint density at radius 1 is 1.42 bits per heavy atom. The predicted molar refractivity (Wildman–Crippen MR) is 89.0 cm³/mol. The minimum Gasteiger partial charge on any atom is -0.476 e. The van der Waals surface area contributed by atoms with Gasteiger partial charge < -0.3 is 15.0 Å². The van der Waals surface area contributed by atoms with Crippen LogP contribution in [0.15, 0.2) is 12.5 Å². The average Bonchev–Trinajstić information content (AvgIpc) is 3.15. The molecule has 3 heterocycles. The summed E-state index contributed by atoms with van der Waals surface area (Å²) in [6, 6.07) is 0. The third kappa shape index (κ3) is 2.74. The number of imidazole rings is 1. The number of hydrogen-bond donors (Lipinski definition) is 2. The van der Waals surface area contributed by atoms with Gasteiger partial charge in [0.2, 0.25) is 11.8 Å². The van der Waals surface area contributed by atoms with Gasteiger partial charge in [0, 0.05) is 13.8 Å². The van der Waals surface area contributed by atoms with Crippen LogP contribution in [-0.4, -0.2) is 36.3 Å². The second kappa shape index (κ2) is 5.81. The minimum atomic E-state index is -0.756. The van der Waals surface area contributed by atoms with E-state index in [1.165, 1.54) is 0 Å². The van der Waals surface area contributed by atoms with Crippen LogP contribution in [0, 0.1) is 13.5 Å². The normalized spacial score (nSPS) is 11.5. The molecule has 2 N–H and O–H groups in total. The summed E-state index contributed by atoms with van der Waals surface area (Å²) in [6.07, 6.45) is 3.32. The fourth-order valence-electron chi connectivity index (χ4n) is 2.14. The summed E-state index contributed by atoms with van der Waals surface area (Å²) < 4.78 is 7.16. The standard InChI is InChI=1S/C15H18N8O/c1-6-24-13-11-12(18-8-17-11)20-14(21-13)19-10-7-23(22-9(10)2)15(3,4)16-5/h7-8H,6H2,1-4H3,(H2,17,18,19,20,21). The Balaban J connectivity index is 1.97. The SMILES string of the molecule is [C-]#[N+]C(C)(C)n1cc(Nc2nc(OCC)c3[nH]cnc3n2)c(C)n1. The molecule has 0 radical (unpaired) electrons. The molecule has 0 atom stereocenters. The first-order valence-electron chi connectivity index (χ1n) is 7.51. The van der Waals surface area contributed by atoms with E-state index in [4.69, 9.17) is 11.3 Å². The van der Waals surface area contributed by atoms with Gasteiger partial charge in [-0.25, -0.2) is 11.6 Å². The van der Waals surface area contributed by atoms with Gasteiger partial charge in [0.05, 0.1) is 30.5 Å². The van der Waals surface area contributed by atoms with Gasteiger partial charge in [-0.2, -0.15) is 19.7 Å². The molecule has 0 amide bonds. The Bertz CT molecular complexity index is 917. The first kappa shape index (κ1) is 15.7. The number of anilines is 2. The van der Waals surface area contributed by atoms with Crippen LogP contribution >= 0.6 is 0 Å². The van der Waals surface area contributed by atoms with Crippen LogP contribution in [0.2, 0.25) is 0 Å². The van der Waals surface area contributed by atoms with Gasteiger partial charge in [-0.05, 0) is 13.8 Å². The van der Waals surface area contributed by atoms with E-state index in [0.29, 0.717) is 29.6 Å². The van der Waals surface area contributed by atoms with Gasteiger partial charge in [-0.1, -0.05) is 0 Å². The second-order valence-electron chi connectivity index (χ2n) is 5.69. The first-order chi connectivity index (χ1) is 11.4. The number of rotatable bonds is 5. The summed E-state index contributed by atoms with van der Waals surface area (Å²) in [5, 5.41) is 7.52. The van der Waals surface area contributed by atoms with Gasteiger partial charge in [0.25, 0.3) is 0 Å². The number of H-pyrrole nitrogens is 1. The van der Waals surface area contributed by atoms with Crippen molar-refractivity contribution in [2.45, 2.75) is 33.4 Å². The molecule has 124 valence electrons. The molecule has 3 aromatic heterocycles. The third-order valence-corrected chi connectivity index (χ3v) is 3.51. The van der Waals surface area contributed by atoms with Crippen molar-refractivity contribution in [1.29, 1.82) is 0 Å². The lowest BCUT2D eigenvalue weighted by atomic mass is 10.3. The topological polar surface area (TPSA) is 97.9 Å². The van der Waals surface area contributed by atoms with E-state index in [1.807, 2.05) is 13.8 Å². The number of aromatic nitrogens is 6. The Morgan fingerprint density at radius 3 is 2.92 bits per heavy atom. The number of nitrogens with zero attached hydrogens (tertiary/aromatic N) is 6. The third-order valence-electron chi connectivity index (χ3n) is 3.51. The molecule has 0 fully saturated rings. The molecule has 0 aromatic carbocycles. The highest BCUT2D eigenvalue weighted by molar-refractivity contribution is 5.77. The van der Waals surface area contributed by atoms with Gasteiger partial charge in [0.1, 0.15) is 5.52 Å². The maximum atomic E-state index is 7.28. The van der Waals surface area contributed by atoms with Crippen LogP contribution in [0.4, 0.5) is 11.6 Å². The van der Waals surface area contributed by atoms with Gasteiger partial charge in [0.15, 0.2) is 5.65 Å². The smallest absolute Gasteiger partial charge is 0.319 e. The maximum absolute atomic E-state index is 7.28. The lowest BCUT2D eigenvalue weighted by Gasteiger charge is -2.10. The molecule has 0 aliphatic carbocycles. The molecule has 3 rings (SSSR count). The molecular formula is C15H18N8O. The molecule has 0 spiro atoms. The highest BCUT2D eigenvalue weighted by atomic mass is 16.5. The molecule has 0 unspecified atom stereocenters. The Morgan fingerprint density at radius 2 is 2.21 bits per heavy atom. The number of hydrogen-bond acceptors (Lipinski definition) is 6. The molecule has 0 saturated carbocycles. The quantitative estimate of drug-likeness (QED) is 0.699. The van der Waals surface area contributed by atoms with E-state index in [9.17, 15) is 0 Å². The fourth-order valence-corrected chi connectivity index (χ4v) is 2.14. The van der Waals surface area contributed by atoms with Crippen molar-refractivity contribution in [3.05, 3.63) is 29.6 Å². The first-order valence-corrected chi connectivity index (χ1v) is 7.51. The molecule has 9 nitrogen and oxygen atoms in total. The summed E-state index contributed by atoms with van der Waals surface area (Å²) in [7, 11) is 0. The van der Waals surface area contributed by atoms with Crippen molar-refractivity contribution in [2.24, 2.45) is 0 Å².